The molecule has 0 bridgehead atoms. The molecule has 0 aromatic heterocycles. The summed E-state index contributed by atoms with van der Waals surface area (Å²) in [7, 11) is 0. The van der Waals surface area contributed by atoms with Crippen molar-refractivity contribution in [1.29, 1.82) is 0 Å². The molecule has 0 radical (unpaired) electrons. The molecule has 1 aliphatic rings. The molecule has 1 heterocycles. The van der Waals surface area contributed by atoms with Crippen molar-refractivity contribution >= 4 is 5.91 Å². The summed E-state index contributed by atoms with van der Waals surface area (Å²) in [5, 5.41) is 5.94. The van der Waals surface area contributed by atoms with Crippen LogP contribution in [0.2, 0.25) is 0 Å². The molecule has 1 aromatic carbocycles. The van der Waals surface area contributed by atoms with E-state index in [-0.39, 0.29) is 11.9 Å². The summed E-state index contributed by atoms with van der Waals surface area (Å²) in [4.78, 5) is 11.2. The summed E-state index contributed by atoms with van der Waals surface area (Å²) in [5.74, 6) is -1.23. The Hall–Kier alpha value is -1.83. The molecule has 1 atom stereocenters. The van der Waals surface area contributed by atoms with Crippen molar-refractivity contribution in [2.45, 2.75) is 38.0 Å². The van der Waals surface area contributed by atoms with Crippen LogP contribution in [-0.2, 0) is 11.3 Å². The number of benzene rings is 1. The summed E-state index contributed by atoms with van der Waals surface area (Å²) in [6.07, 6.45) is -2.23. The molecule has 8 heteroatoms. The fourth-order valence-corrected chi connectivity index (χ4v) is 2.36. The number of hydrogen-bond donors (Lipinski definition) is 2. The van der Waals surface area contributed by atoms with Crippen LogP contribution in [0.1, 0.15) is 24.8 Å². The van der Waals surface area contributed by atoms with Crippen molar-refractivity contribution in [1.82, 2.24) is 10.6 Å². The van der Waals surface area contributed by atoms with Crippen molar-refractivity contribution in [3.63, 3.8) is 0 Å². The lowest BCUT2D eigenvalue weighted by Gasteiger charge is -2.23. The number of carbonyl (C=O) groups excluding carboxylic acids is 1. The van der Waals surface area contributed by atoms with E-state index in [2.05, 4.69) is 15.4 Å². The number of hydrogen-bond acceptors (Lipinski definition) is 3. The van der Waals surface area contributed by atoms with Gasteiger partial charge in [-0.1, -0.05) is 6.07 Å². The second-order valence-corrected chi connectivity index (χ2v) is 5.46. The van der Waals surface area contributed by atoms with Crippen LogP contribution in [0.25, 0.3) is 0 Å². The van der Waals surface area contributed by atoms with Crippen LogP contribution in [0, 0.1) is 5.82 Å². The second-order valence-electron chi connectivity index (χ2n) is 5.46. The van der Waals surface area contributed by atoms with Crippen LogP contribution in [-0.4, -0.2) is 31.3 Å². The van der Waals surface area contributed by atoms with E-state index in [9.17, 15) is 22.4 Å². The van der Waals surface area contributed by atoms with Gasteiger partial charge in [-0.2, -0.15) is 13.2 Å². The molecule has 0 spiro atoms. The third-order valence-electron chi connectivity index (χ3n) is 3.43. The Labute approximate surface area is 131 Å². The maximum Gasteiger partial charge on any atom is 0.422 e. The van der Waals surface area contributed by atoms with E-state index in [4.69, 9.17) is 0 Å². The number of rotatable bonds is 6. The maximum atomic E-state index is 13.7. The van der Waals surface area contributed by atoms with E-state index in [1.54, 1.807) is 0 Å². The zero-order valence-corrected chi connectivity index (χ0v) is 12.4. The number of nitrogens with one attached hydrogen (secondary N) is 2. The summed E-state index contributed by atoms with van der Waals surface area (Å²) >= 11 is 0. The smallest absolute Gasteiger partial charge is 0.422 e. The highest BCUT2D eigenvalue weighted by molar-refractivity contribution is 5.76. The van der Waals surface area contributed by atoms with Gasteiger partial charge in [0.05, 0.1) is 0 Å². The van der Waals surface area contributed by atoms with E-state index in [0.717, 1.165) is 18.9 Å². The minimum atomic E-state index is -4.50. The van der Waals surface area contributed by atoms with E-state index in [0.29, 0.717) is 25.1 Å². The molecule has 1 amide bonds. The van der Waals surface area contributed by atoms with Crippen molar-refractivity contribution in [2.75, 3.05) is 13.2 Å². The summed E-state index contributed by atoms with van der Waals surface area (Å²) in [6.45, 7) is -0.620. The Morgan fingerprint density at radius 2 is 2.13 bits per heavy atom. The van der Waals surface area contributed by atoms with Crippen molar-refractivity contribution in [3.05, 3.63) is 29.6 Å². The van der Waals surface area contributed by atoms with Crippen molar-refractivity contribution < 1.29 is 27.1 Å². The first-order valence-electron chi connectivity index (χ1n) is 7.31. The van der Waals surface area contributed by atoms with Gasteiger partial charge in [-0.05, 0) is 30.5 Å². The number of ether oxygens (including phenoxy) is 1. The number of alkyl halides is 3. The van der Waals surface area contributed by atoms with Gasteiger partial charge in [-0.15, -0.1) is 0 Å². The molecular formula is C15H18F4N2O2. The monoisotopic (exact) mass is 334 g/mol. The predicted molar refractivity (Wildman–Crippen MR) is 75.4 cm³/mol. The molecule has 4 nitrogen and oxygen atoms in total. The van der Waals surface area contributed by atoms with Gasteiger partial charge in [0.1, 0.15) is 0 Å². The number of carbonyl (C=O) groups is 1. The lowest BCUT2D eigenvalue weighted by atomic mass is 10.0. The average Bonchev–Trinajstić information content (AvgIpc) is 2.45. The highest BCUT2D eigenvalue weighted by Gasteiger charge is 2.28. The fraction of sp³-hybridized carbons (Fsp3) is 0.533. The van der Waals surface area contributed by atoms with Gasteiger partial charge in [0, 0.05) is 25.6 Å². The van der Waals surface area contributed by atoms with Gasteiger partial charge in [-0.25, -0.2) is 4.39 Å². The van der Waals surface area contributed by atoms with Crippen LogP contribution < -0.4 is 15.4 Å². The Bertz CT molecular complexity index is 549. The molecule has 23 heavy (non-hydrogen) atoms. The minimum Gasteiger partial charge on any atom is -0.481 e. The van der Waals surface area contributed by atoms with Crippen LogP contribution in [0.5, 0.6) is 5.75 Å². The normalized spacial score (nSPS) is 18.6. The Balaban J connectivity index is 1.79. The maximum absolute atomic E-state index is 13.7. The fourth-order valence-electron chi connectivity index (χ4n) is 2.36. The molecule has 0 saturated carbocycles. The number of halogens is 4. The van der Waals surface area contributed by atoms with Crippen molar-refractivity contribution in [2.24, 2.45) is 0 Å². The average molecular weight is 334 g/mol. The van der Waals surface area contributed by atoms with Gasteiger partial charge < -0.3 is 15.4 Å². The molecule has 1 aromatic rings. The van der Waals surface area contributed by atoms with Crippen LogP contribution >= 0.6 is 0 Å². The van der Waals surface area contributed by atoms with Crippen LogP contribution in [0.3, 0.4) is 0 Å². The third-order valence-corrected chi connectivity index (χ3v) is 3.43. The quantitative estimate of drug-likeness (QED) is 0.786. The van der Waals surface area contributed by atoms with Crippen molar-refractivity contribution in [3.8, 4) is 5.75 Å². The largest absolute Gasteiger partial charge is 0.481 e. The van der Waals surface area contributed by atoms with Gasteiger partial charge in [0.15, 0.2) is 18.2 Å². The molecular weight excluding hydrogens is 316 g/mol. The standard InChI is InChI=1S/C15H18F4N2O2/c16-12-6-10(4-5-13(12)23-9-15(17,18)19)7-20-8-11-2-1-3-14(22)21-11/h4-6,11,20H,1-3,7-9H2,(H,21,22)/t11-/m1/s1. The molecule has 128 valence electrons. The molecule has 0 unspecified atom stereocenters. The van der Waals surface area contributed by atoms with E-state index in [1.807, 2.05) is 0 Å². The topological polar surface area (TPSA) is 50.4 Å². The Kier molecular flexibility index (Phi) is 5.81. The van der Waals surface area contributed by atoms with E-state index < -0.39 is 24.3 Å². The third kappa shape index (κ3) is 6.05. The SMILES string of the molecule is O=C1CCC[C@H](CNCc2ccc(OCC(F)(F)F)c(F)c2)N1. The Morgan fingerprint density at radius 3 is 2.78 bits per heavy atom. The zero-order chi connectivity index (χ0) is 16.9. The highest BCUT2D eigenvalue weighted by Crippen LogP contribution is 2.22. The Morgan fingerprint density at radius 1 is 1.35 bits per heavy atom. The number of amides is 1. The summed E-state index contributed by atoms with van der Waals surface area (Å²) in [5.41, 5.74) is 0.587. The predicted octanol–water partition coefficient (Wildman–Crippen LogP) is 2.53. The van der Waals surface area contributed by atoms with Crippen LogP contribution in [0.15, 0.2) is 18.2 Å². The summed E-state index contributed by atoms with van der Waals surface area (Å²) < 4.78 is 54.2. The van der Waals surface area contributed by atoms with E-state index in [1.165, 1.54) is 12.1 Å². The van der Waals surface area contributed by atoms with Crippen LogP contribution in [0.4, 0.5) is 17.6 Å². The minimum absolute atomic E-state index is 0.0280. The second kappa shape index (κ2) is 7.63. The molecule has 2 rings (SSSR count). The molecule has 1 aliphatic heterocycles. The molecule has 1 saturated heterocycles. The van der Waals surface area contributed by atoms with Gasteiger partial charge >= 0.3 is 6.18 Å². The first-order chi connectivity index (χ1) is 10.8. The summed E-state index contributed by atoms with van der Waals surface area (Å²) in [6, 6.07) is 3.87. The van der Waals surface area contributed by atoms with Gasteiger partial charge in [-0.3, -0.25) is 4.79 Å². The number of piperidine rings is 1. The molecule has 2 N–H and O–H groups in total. The zero-order valence-electron chi connectivity index (χ0n) is 12.4. The van der Waals surface area contributed by atoms with Gasteiger partial charge in [0.2, 0.25) is 5.91 Å². The first-order valence-corrected chi connectivity index (χ1v) is 7.31. The first kappa shape index (κ1) is 17.5. The van der Waals surface area contributed by atoms with E-state index >= 15 is 0 Å². The highest BCUT2D eigenvalue weighted by atomic mass is 19.4. The molecule has 0 aliphatic carbocycles. The lowest BCUT2D eigenvalue weighted by Crippen LogP contribution is -2.44. The van der Waals surface area contributed by atoms with Gasteiger partial charge in [0.25, 0.3) is 0 Å². The molecule has 1 fully saturated rings. The lowest BCUT2D eigenvalue weighted by molar-refractivity contribution is -0.153.